The second kappa shape index (κ2) is 6.72. The molecule has 0 saturated heterocycles. The Morgan fingerprint density at radius 1 is 1.14 bits per heavy atom. The molecule has 3 heteroatoms. The third kappa shape index (κ3) is 3.42. The number of hydrogen-bond donors (Lipinski definition) is 1. The lowest BCUT2D eigenvalue weighted by atomic mass is 9.93. The van der Waals surface area contributed by atoms with Crippen molar-refractivity contribution in [3.05, 3.63) is 64.5 Å². The van der Waals surface area contributed by atoms with E-state index in [1.807, 2.05) is 58.2 Å². The summed E-state index contributed by atoms with van der Waals surface area (Å²) in [6, 6.07) is 11.2. The van der Waals surface area contributed by atoms with Crippen molar-refractivity contribution < 1.29 is 9.13 Å². The first-order valence-electron chi connectivity index (χ1n) is 7.23. The highest BCUT2D eigenvalue weighted by molar-refractivity contribution is 5.41. The Kier molecular flexibility index (Phi) is 4.97. The second-order valence-electron chi connectivity index (χ2n) is 5.20. The topological polar surface area (TPSA) is 21.3 Å². The number of halogens is 1. The molecule has 0 aromatic heterocycles. The van der Waals surface area contributed by atoms with Gasteiger partial charge in [-0.05, 0) is 62.7 Å². The standard InChI is InChI=1S/C18H22FNO/c1-5-21-15-8-6-14(7-9-15)18(20-4)17-13(3)10-12(2)11-16(17)19/h6-11,18,20H,5H2,1-4H3. The van der Waals surface area contributed by atoms with E-state index >= 15 is 0 Å². The van der Waals surface area contributed by atoms with Crippen molar-refractivity contribution in [2.75, 3.05) is 13.7 Å². The SMILES string of the molecule is CCOc1ccc(C(NC)c2c(C)cc(C)cc2F)cc1. The molecule has 0 spiro atoms. The molecule has 112 valence electrons. The van der Waals surface area contributed by atoms with Crippen molar-refractivity contribution in [1.29, 1.82) is 0 Å². The highest BCUT2D eigenvalue weighted by Gasteiger charge is 2.19. The fraction of sp³-hybridized carbons (Fsp3) is 0.333. The predicted molar refractivity (Wildman–Crippen MR) is 84.4 cm³/mol. The zero-order valence-electron chi connectivity index (χ0n) is 13.0. The monoisotopic (exact) mass is 287 g/mol. The van der Waals surface area contributed by atoms with Crippen LogP contribution in [-0.2, 0) is 0 Å². The van der Waals surface area contributed by atoms with Crippen molar-refractivity contribution >= 4 is 0 Å². The molecule has 0 aliphatic rings. The molecular weight excluding hydrogens is 265 g/mol. The largest absolute Gasteiger partial charge is 0.494 e. The maximum Gasteiger partial charge on any atom is 0.128 e. The molecule has 0 aliphatic carbocycles. The van der Waals surface area contributed by atoms with E-state index < -0.39 is 0 Å². The van der Waals surface area contributed by atoms with E-state index in [4.69, 9.17) is 4.74 Å². The Morgan fingerprint density at radius 3 is 2.33 bits per heavy atom. The highest BCUT2D eigenvalue weighted by atomic mass is 19.1. The predicted octanol–water partition coefficient (Wildman–Crippen LogP) is 4.15. The minimum atomic E-state index is -0.166. The smallest absolute Gasteiger partial charge is 0.128 e. The average Bonchev–Trinajstić information content (AvgIpc) is 2.44. The lowest BCUT2D eigenvalue weighted by molar-refractivity contribution is 0.340. The molecular formula is C18H22FNO. The van der Waals surface area contributed by atoms with Crippen molar-refractivity contribution in [2.45, 2.75) is 26.8 Å². The van der Waals surface area contributed by atoms with Gasteiger partial charge in [-0.1, -0.05) is 18.2 Å². The molecule has 2 rings (SSSR count). The molecule has 1 unspecified atom stereocenters. The zero-order chi connectivity index (χ0) is 15.4. The van der Waals surface area contributed by atoms with Gasteiger partial charge in [-0.25, -0.2) is 4.39 Å². The average molecular weight is 287 g/mol. The van der Waals surface area contributed by atoms with E-state index in [2.05, 4.69) is 5.32 Å². The van der Waals surface area contributed by atoms with E-state index in [0.717, 1.165) is 22.4 Å². The first-order valence-corrected chi connectivity index (χ1v) is 7.23. The quantitative estimate of drug-likeness (QED) is 0.892. The maximum atomic E-state index is 14.4. The molecule has 0 fully saturated rings. The van der Waals surface area contributed by atoms with Crippen LogP contribution in [0.25, 0.3) is 0 Å². The Balaban J connectivity index is 2.40. The molecule has 1 atom stereocenters. The van der Waals surface area contributed by atoms with Crippen LogP contribution in [-0.4, -0.2) is 13.7 Å². The van der Waals surface area contributed by atoms with Crippen LogP contribution in [0, 0.1) is 19.7 Å². The first-order chi connectivity index (χ1) is 10.1. The number of ether oxygens (including phenoxy) is 1. The molecule has 0 heterocycles. The molecule has 2 nitrogen and oxygen atoms in total. The third-order valence-electron chi connectivity index (χ3n) is 3.58. The summed E-state index contributed by atoms with van der Waals surface area (Å²) in [6.45, 7) is 6.45. The van der Waals surface area contributed by atoms with Gasteiger partial charge in [0, 0.05) is 5.56 Å². The minimum Gasteiger partial charge on any atom is -0.494 e. The summed E-state index contributed by atoms with van der Waals surface area (Å²) in [5.74, 6) is 0.665. The van der Waals surface area contributed by atoms with Gasteiger partial charge >= 0.3 is 0 Å². The van der Waals surface area contributed by atoms with E-state index in [1.165, 1.54) is 0 Å². The normalized spacial score (nSPS) is 12.2. The minimum absolute atomic E-state index is 0.165. The summed E-state index contributed by atoms with van der Waals surface area (Å²) in [5, 5.41) is 3.21. The van der Waals surface area contributed by atoms with Crippen LogP contribution in [0.2, 0.25) is 0 Å². The van der Waals surface area contributed by atoms with Crippen LogP contribution in [0.5, 0.6) is 5.75 Å². The fourth-order valence-electron chi connectivity index (χ4n) is 2.69. The lowest BCUT2D eigenvalue weighted by Gasteiger charge is -2.21. The zero-order valence-corrected chi connectivity index (χ0v) is 13.0. The molecule has 0 saturated carbocycles. The van der Waals surface area contributed by atoms with Gasteiger partial charge in [-0.15, -0.1) is 0 Å². The summed E-state index contributed by atoms with van der Waals surface area (Å²) < 4.78 is 19.8. The molecule has 0 bridgehead atoms. The van der Waals surface area contributed by atoms with Crippen LogP contribution in [0.3, 0.4) is 0 Å². The van der Waals surface area contributed by atoms with Crippen LogP contribution in [0.4, 0.5) is 4.39 Å². The second-order valence-corrected chi connectivity index (χ2v) is 5.20. The first kappa shape index (κ1) is 15.5. The number of hydrogen-bond acceptors (Lipinski definition) is 2. The summed E-state index contributed by atoms with van der Waals surface area (Å²) in [4.78, 5) is 0. The molecule has 0 amide bonds. The van der Waals surface area contributed by atoms with Crippen LogP contribution >= 0.6 is 0 Å². The van der Waals surface area contributed by atoms with E-state index in [0.29, 0.717) is 12.2 Å². The van der Waals surface area contributed by atoms with Gasteiger partial charge in [-0.2, -0.15) is 0 Å². The van der Waals surface area contributed by atoms with Gasteiger partial charge in [0.25, 0.3) is 0 Å². The van der Waals surface area contributed by atoms with E-state index in [1.54, 1.807) is 6.07 Å². The Bertz CT molecular complexity index is 584. The summed E-state index contributed by atoms with van der Waals surface area (Å²) in [7, 11) is 1.85. The maximum absolute atomic E-state index is 14.4. The van der Waals surface area contributed by atoms with Crippen molar-refractivity contribution in [1.82, 2.24) is 5.32 Å². The molecule has 2 aromatic rings. The van der Waals surface area contributed by atoms with Crippen molar-refractivity contribution in [3.63, 3.8) is 0 Å². The van der Waals surface area contributed by atoms with Crippen molar-refractivity contribution in [3.8, 4) is 5.75 Å². The molecule has 2 aromatic carbocycles. The third-order valence-corrected chi connectivity index (χ3v) is 3.58. The summed E-state index contributed by atoms with van der Waals surface area (Å²) in [6.07, 6.45) is 0. The number of nitrogens with one attached hydrogen (secondary N) is 1. The summed E-state index contributed by atoms with van der Waals surface area (Å²) >= 11 is 0. The number of benzene rings is 2. The fourth-order valence-corrected chi connectivity index (χ4v) is 2.69. The molecule has 21 heavy (non-hydrogen) atoms. The van der Waals surface area contributed by atoms with Gasteiger partial charge in [0.15, 0.2) is 0 Å². The highest BCUT2D eigenvalue weighted by Crippen LogP contribution is 2.29. The molecule has 0 radical (unpaired) electrons. The van der Waals surface area contributed by atoms with Crippen LogP contribution < -0.4 is 10.1 Å². The Morgan fingerprint density at radius 2 is 1.81 bits per heavy atom. The van der Waals surface area contributed by atoms with Gasteiger partial charge in [0.05, 0.1) is 12.6 Å². The molecule has 1 N–H and O–H groups in total. The van der Waals surface area contributed by atoms with Crippen LogP contribution in [0.15, 0.2) is 36.4 Å². The van der Waals surface area contributed by atoms with Crippen molar-refractivity contribution in [2.24, 2.45) is 0 Å². The van der Waals surface area contributed by atoms with Gasteiger partial charge in [0.2, 0.25) is 0 Å². The van der Waals surface area contributed by atoms with Gasteiger partial charge in [-0.3, -0.25) is 0 Å². The lowest BCUT2D eigenvalue weighted by Crippen LogP contribution is -2.20. The Hall–Kier alpha value is -1.87. The number of aryl methyl sites for hydroxylation is 2. The van der Waals surface area contributed by atoms with Gasteiger partial charge in [0.1, 0.15) is 11.6 Å². The van der Waals surface area contributed by atoms with E-state index in [9.17, 15) is 4.39 Å². The number of rotatable bonds is 5. The van der Waals surface area contributed by atoms with Crippen LogP contribution in [0.1, 0.15) is 35.2 Å². The van der Waals surface area contributed by atoms with E-state index in [-0.39, 0.29) is 11.9 Å². The Labute approximate surface area is 126 Å². The summed E-state index contributed by atoms with van der Waals surface area (Å²) in [5.41, 5.74) is 3.62. The van der Waals surface area contributed by atoms with Gasteiger partial charge < -0.3 is 10.1 Å². The molecule has 0 aliphatic heterocycles.